The highest BCUT2D eigenvalue weighted by molar-refractivity contribution is 5.67. The van der Waals surface area contributed by atoms with Crippen molar-refractivity contribution in [2.24, 2.45) is 11.3 Å². The van der Waals surface area contributed by atoms with Crippen LogP contribution in [0, 0.1) is 11.3 Å². The van der Waals surface area contributed by atoms with E-state index >= 15 is 0 Å². The van der Waals surface area contributed by atoms with E-state index < -0.39 is 0 Å². The van der Waals surface area contributed by atoms with Crippen LogP contribution in [0.15, 0.2) is 11.6 Å². The van der Waals surface area contributed by atoms with Crippen LogP contribution < -0.4 is 0 Å². The highest BCUT2D eigenvalue weighted by Crippen LogP contribution is 2.56. The van der Waals surface area contributed by atoms with Crippen LogP contribution in [-0.2, 0) is 4.79 Å². The van der Waals surface area contributed by atoms with Crippen molar-refractivity contribution in [2.45, 2.75) is 32.6 Å². The third-order valence-corrected chi connectivity index (χ3v) is 3.40. The van der Waals surface area contributed by atoms with Gasteiger partial charge in [0.2, 0.25) is 0 Å². The van der Waals surface area contributed by atoms with Gasteiger partial charge in [0.05, 0.1) is 0 Å². The summed E-state index contributed by atoms with van der Waals surface area (Å²) in [6.07, 6.45) is 7.94. The minimum atomic E-state index is 0.408. The number of hydrogen-bond acceptors (Lipinski definition) is 1. The molecule has 2 unspecified atom stereocenters. The minimum absolute atomic E-state index is 0.408. The lowest BCUT2D eigenvalue weighted by Crippen LogP contribution is -2.11. The Morgan fingerprint density at radius 1 is 1.64 bits per heavy atom. The lowest BCUT2D eigenvalue weighted by molar-refractivity contribution is -0.104. The standard InChI is InChI=1S/C10H14O/c1-10-4-2-8(7-10)6-9(10)3-5-11/h3,5,8H,2,4,6-7H2,1H3/b9-3-. The van der Waals surface area contributed by atoms with Crippen molar-refractivity contribution in [1.29, 1.82) is 0 Å². The fourth-order valence-corrected chi connectivity index (χ4v) is 2.74. The molecule has 0 aromatic rings. The van der Waals surface area contributed by atoms with Crippen LogP contribution in [0.4, 0.5) is 0 Å². The van der Waals surface area contributed by atoms with E-state index in [2.05, 4.69) is 6.92 Å². The molecule has 0 N–H and O–H groups in total. The van der Waals surface area contributed by atoms with E-state index in [-0.39, 0.29) is 0 Å². The molecule has 2 bridgehead atoms. The van der Waals surface area contributed by atoms with Crippen LogP contribution in [0.2, 0.25) is 0 Å². The molecule has 2 saturated carbocycles. The molecule has 60 valence electrons. The summed E-state index contributed by atoms with van der Waals surface area (Å²) in [5.74, 6) is 0.895. The second-order valence-corrected chi connectivity index (χ2v) is 4.20. The van der Waals surface area contributed by atoms with Crippen molar-refractivity contribution >= 4 is 6.29 Å². The van der Waals surface area contributed by atoms with Gasteiger partial charge in [0, 0.05) is 0 Å². The summed E-state index contributed by atoms with van der Waals surface area (Å²) >= 11 is 0. The van der Waals surface area contributed by atoms with Crippen molar-refractivity contribution in [3.63, 3.8) is 0 Å². The van der Waals surface area contributed by atoms with Gasteiger partial charge in [-0.1, -0.05) is 12.5 Å². The summed E-state index contributed by atoms with van der Waals surface area (Å²) in [6, 6.07) is 0. The third-order valence-electron chi connectivity index (χ3n) is 3.40. The largest absolute Gasteiger partial charge is 0.299 e. The Hall–Kier alpha value is -0.590. The molecule has 0 amide bonds. The average Bonchev–Trinajstić information content (AvgIpc) is 2.44. The summed E-state index contributed by atoms with van der Waals surface area (Å²) in [5, 5.41) is 0. The Bertz CT molecular complexity index is 217. The first kappa shape index (κ1) is 7.08. The van der Waals surface area contributed by atoms with Crippen molar-refractivity contribution in [3.05, 3.63) is 11.6 Å². The molecule has 1 heteroatoms. The lowest BCUT2D eigenvalue weighted by atomic mass is 9.81. The summed E-state index contributed by atoms with van der Waals surface area (Å²) in [4.78, 5) is 10.3. The van der Waals surface area contributed by atoms with E-state index in [1.807, 2.05) is 0 Å². The van der Waals surface area contributed by atoms with E-state index in [0.717, 1.165) is 12.2 Å². The van der Waals surface area contributed by atoms with Crippen molar-refractivity contribution < 1.29 is 4.79 Å². The molecule has 0 spiro atoms. The molecule has 0 aliphatic heterocycles. The first-order chi connectivity index (χ1) is 5.24. The monoisotopic (exact) mass is 150 g/mol. The smallest absolute Gasteiger partial charge is 0.142 e. The number of allylic oxidation sites excluding steroid dienone is 2. The molecule has 0 aromatic carbocycles. The minimum Gasteiger partial charge on any atom is -0.299 e. The van der Waals surface area contributed by atoms with Gasteiger partial charge in [0.25, 0.3) is 0 Å². The second kappa shape index (κ2) is 2.20. The zero-order valence-electron chi connectivity index (χ0n) is 6.97. The van der Waals surface area contributed by atoms with E-state index in [0.29, 0.717) is 5.41 Å². The van der Waals surface area contributed by atoms with Gasteiger partial charge in [0.1, 0.15) is 6.29 Å². The third kappa shape index (κ3) is 0.943. The predicted molar refractivity (Wildman–Crippen MR) is 44.2 cm³/mol. The number of rotatable bonds is 1. The topological polar surface area (TPSA) is 17.1 Å². The Kier molecular flexibility index (Phi) is 1.41. The maximum absolute atomic E-state index is 10.3. The van der Waals surface area contributed by atoms with Crippen molar-refractivity contribution in [1.82, 2.24) is 0 Å². The number of carbonyl (C=O) groups excluding carboxylic acids is 1. The lowest BCUT2D eigenvalue weighted by Gasteiger charge is -2.23. The predicted octanol–water partition coefficient (Wildman–Crippen LogP) is 2.32. The number of carbonyl (C=O) groups is 1. The molecule has 2 aliphatic rings. The van der Waals surface area contributed by atoms with Crippen molar-refractivity contribution in [3.8, 4) is 0 Å². The summed E-state index contributed by atoms with van der Waals surface area (Å²) in [7, 11) is 0. The molecular weight excluding hydrogens is 136 g/mol. The second-order valence-electron chi connectivity index (χ2n) is 4.20. The zero-order valence-corrected chi connectivity index (χ0v) is 6.97. The van der Waals surface area contributed by atoms with Gasteiger partial charge < -0.3 is 0 Å². The summed E-state index contributed by atoms with van der Waals surface area (Å²) in [5.41, 5.74) is 1.81. The van der Waals surface area contributed by atoms with Crippen molar-refractivity contribution in [2.75, 3.05) is 0 Å². The van der Waals surface area contributed by atoms with E-state index in [9.17, 15) is 4.79 Å². The molecule has 0 aromatic heterocycles. The molecular formula is C10H14O. The van der Waals surface area contributed by atoms with Crippen LogP contribution in [0.1, 0.15) is 32.6 Å². The highest BCUT2D eigenvalue weighted by atomic mass is 16.1. The van der Waals surface area contributed by atoms with Gasteiger partial charge in [0.15, 0.2) is 0 Å². The molecule has 2 aliphatic carbocycles. The SMILES string of the molecule is CC12CCC(C/C1=C/C=O)C2. The molecule has 11 heavy (non-hydrogen) atoms. The van der Waals surface area contributed by atoms with Crippen LogP contribution >= 0.6 is 0 Å². The van der Waals surface area contributed by atoms with Gasteiger partial charge in [-0.15, -0.1) is 0 Å². The van der Waals surface area contributed by atoms with Gasteiger partial charge >= 0.3 is 0 Å². The first-order valence-electron chi connectivity index (χ1n) is 4.39. The highest BCUT2D eigenvalue weighted by Gasteiger charge is 2.44. The molecule has 0 saturated heterocycles. The first-order valence-corrected chi connectivity index (χ1v) is 4.39. The van der Waals surface area contributed by atoms with Gasteiger partial charge in [-0.3, -0.25) is 4.79 Å². The number of aldehydes is 1. The Morgan fingerprint density at radius 3 is 2.91 bits per heavy atom. The van der Waals surface area contributed by atoms with Gasteiger partial charge in [-0.05, 0) is 43.1 Å². The van der Waals surface area contributed by atoms with Crippen LogP contribution in [0.25, 0.3) is 0 Å². The number of hydrogen-bond donors (Lipinski definition) is 0. The molecule has 2 fully saturated rings. The summed E-state index contributed by atoms with van der Waals surface area (Å²) in [6.45, 7) is 2.30. The van der Waals surface area contributed by atoms with Crippen LogP contribution in [-0.4, -0.2) is 6.29 Å². The van der Waals surface area contributed by atoms with E-state index in [1.54, 1.807) is 6.08 Å². The maximum Gasteiger partial charge on any atom is 0.142 e. The molecule has 1 nitrogen and oxygen atoms in total. The Labute approximate surface area is 67.5 Å². The molecule has 2 atom stereocenters. The zero-order chi connectivity index (χ0) is 7.90. The fourth-order valence-electron chi connectivity index (χ4n) is 2.74. The molecule has 0 radical (unpaired) electrons. The Balaban J connectivity index is 2.27. The van der Waals surface area contributed by atoms with Crippen LogP contribution in [0.3, 0.4) is 0 Å². The quantitative estimate of drug-likeness (QED) is 0.414. The summed E-state index contributed by atoms with van der Waals surface area (Å²) < 4.78 is 0. The van der Waals surface area contributed by atoms with E-state index in [1.165, 1.54) is 31.3 Å². The van der Waals surface area contributed by atoms with Gasteiger partial charge in [-0.2, -0.15) is 0 Å². The molecule has 2 rings (SSSR count). The van der Waals surface area contributed by atoms with Crippen LogP contribution in [0.5, 0.6) is 0 Å². The maximum atomic E-state index is 10.3. The Morgan fingerprint density at radius 2 is 2.45 bits per heavy atom. The van der Waals surface area contributed by atoms with Gasteiger partial charge in [-0.25, -0.2) is 0 Å². The molecule has 0 heterocycles. The van der Waals surface area contributed by atoms with E-state index in [4.69, 9.17) is 0 Å². The average molecular weight is 150 g/mol. The fraction of sp³-hybridized carbons (Fsp3) is 0.700. The number of fused-ring (bicyclic) bond motifs is 2. The normalized spacial score (nSPS) is 45.2.